The number of hydrogen-bond donors (Lipinski definition) is 0. The van der Waals surface area contributed by atoms with Gasteiger partial charge in [0, 0.05) is 12.6 Å². The second kappa shape index (κ2) is 7.23. The molecule has 0 spiro atoms. The molecule has 1 aromatic rings. The molecular weight excluding hydrogens is 312 g/mol. The molecule has 4 nitrogen and oxygen atoms in total. The number of ether oxygens (including phenoxy) is 1. The van der Waals surface area contributed by atoms with Gasteiger partial charge in [0.25, 0.3) is 5.91 Å². The van der Waals surface area contributed by atoms with Gasteiger partial charge in [-0.3, -0.25) is 4.79 Å². The zero-order valence-corrected chi connectivity index (χ0v) is 13.9. The molecule has 2 atom stereocenters. The van der Waals surface area contributed by atoms with Crippen LogP contribution < -0.4 is 4.74 Å². The number of benzene rings is 1. The highest BCUT2D eigenvalue weighted by Crippen LogP contribution is 2.35. The fourth-order valence-corrected chi connectivity index (χ4v) is 4.08. The van der Waals surface area contributed by atoms with Crippen LogP contribution in [0, 0.1) is 17.2 Å². The van der Waals surface area contributed by atoms with Gasteiger partial charge in [-0.05, 0) is 49.8 Å². The minimum absolute atomic E-state index is 0.00877. The number of amides is 1. The van der Waals surface area contributed by atoms with Gasteiger partial charge in [0.2, 0.25) is 0 Å². The first-order valence-corrected chi connectivity index (χ1v) is 8.69. The largest absolute Gasteiger partial charge is 0.482 e. The van der Waals surface area contributed by atoms with Crippen molar-refractivity contribution in [3.05, 3.63) is 28.8 Å². The lowest BCUT2D eigenvalue weighted by molar-refractivity contribution is -0.139. The molecule has 2 aliphatic rings. The van der Waals surface area contributed by atoms with E-state index in [-0.39, 0.29) is 12.5 Å². The van der Waals surface area contributed by atoms with Crippen LogP contribution in [-0.2, 0) is 4.79 Å². The maximum absolute atomic E-state index is 12.6. The molecule has 1 aliphatic heterocycles. The Balaban J connectivity index is 1.61. The van der Waals surface area contributed by atoms with Gasteiger partial charge in [0.15, 0.2) is 6.61 Å². The number of carbonyl (C=O) groups is 1. The van der Waals surface area contributed by atoms with Gasteiger partial charge in [-0.25, -0.2) is 0 Å². The van der Waals surface area contributed by atoms with Gasteiger partial charge in [0.05, 0.1) is 16.7 Å². The summed E-state index contributed by atoms with van der Waals surface area (Å²) in [5.41, 5.74) is 0.481. The smallest absolute Gasteiger partial charge is 0.260 e. The van der Waals surface area contributed by atoms with E-state index in [9.17, 15) is 4.79 Å². The molecule has 1 aliphatic carbocycles. The summed E-state index contributed by atoms with van der Waals surface area (Å²) in [6.07, 6.45) is 7.21. The van der Waals surface area contributed by atoms with Crippen molar-refractivity contribution in [3.63, 3.8) is 0 Å². The molecule has 3 rings (SSSR count). The van der Waals surface area contributed by atoms with Crippen molar-refractivity contribution < 1.29 is 9.53 Å². The Labute approximate surface area is 142 Å². The summed E-state index contributed by atoms with van der Waals surface area (Å²) in [6.45, 7) is 0.847. The summed E-state index contributed by atoms with van der Waals surface area (Å²) in [6, 6.07) is 7.27. The summed E-state index contributed by atoms with van der Waals surface area (Å²) >= 11 is 6.09. The van der Waals surface area contributed by atoms with E-state index in [0.29, 0.717) is 28.3 Å². The Hall–Kier alpha value is -1.73. The third kappa shape index (κ3) is 3.61. The number of nitrogens with zero attached hydrogens (tertiary/aromatic N) is 2. The van der Waals surface area contributed by atoms with E-state index in [0.717, 1.165) is 19.4 Å². The van der Waals surface area contributed by atoms with Crippen LogP contribution in [0.5, 0.6) is 5.75 Å². The normalized spacial score (nSPS) is 23.7. The SMILES string of the molecule is N#Cc1ccc(OCC(=O)N2CCC[C@@H]3CCCC[C@@H]32)c(Cl)c1. The number of halogens is 1. The first-order chi connectivity index (χ1) is 11.2. The van der Waals surface area contributed by atoms with Crippen molar-refractivity contribution in [2.75, 3.05) is 13.2 Å². The van der Waals surface area contributed by atoms with Crippen LogP contribution in [0.3, 0.4) is 0 Å². The van der Waals surface area contributed by atoms with Gasteiger partial charge in [-0.2, -0.15) is 5.26 Å². The van der Waals surface area contributed by atoms with Gasteiger partial charge < -0.3 is 9.64 Å². The van der Waals surface area contributed by atoms with Crippen LogP contribution in [0.2, 0.25) is 5.02 Å². The van der Waals surface area contributed by atoms with E-state index in [2.05, 4.69) is 0 Å². The average molecular weight is 333 g/mol. The van der Waals surface area contributed by atoms with Gasteiger partial charge >= 0.3 is 0 Å². The predicted octanol–water partition coefficient (Wildman–Crippen LogP) is 3.77. The average Bonchev–Trinajstić information content (AvgIpc) is 2.59. The van der Waals surface area contributed by atoms with Gasteiger partial charge in [-0.1, -0.05) is 24.4 Å². The van der Waals surface area contributed by atoms with E-state index < -0.39 is 0 Å². The highest BCUT2D eigenvalue weighted by molar-refractivity contribution is 6.32. The van der Waals surface area contributed by atoms with Crippen molar-refractivity contribution in [2.24, 2.45) is 5.92 Å². The first-order valence-electron chi connectivity index (χ1n) is 8.31. The van der Waals surface area contributed by atoms with Crippen LogP contribution in [0.15, 0.2) is 18.2 Å². The summed E-state index contributed by atoms with van der Waals surface area (Å²) in [7, 11) is 0. The Morgan fingerprint density at radius 2 is 2.09 bits per heavy atom. The molecule has 2 fully saturated rings. The van der Waals surface area contributed by atoms with Crippen molar-refractivity contribution in [1.82, 2.24) is 4.90 Å². The molecule has 23 heavy (non-hydrogen) atoms. The van der Waals surface area contributed by atoms with Crippen LogP contribution in [0.1, 0.15) is 44.1 Å². The molecule has 1 saturated carbocycles. The molecule has 1 heterocycles. The molecule has 0 N–H and O–H groups in total. The van der Waals surface area contributed by atoms with Crippen LogP contribution >= 0.6 is 11.6 Å². The van der Waals surface area contributed by atoms with E-state index in [1.165, 1.54) is 25.7 Å². The van der Waals surface area contributed by atoms with Crippen molar-refractivity contribution >= 4 is 17.5 Å². The standard InChI is InChI=1S/C18H21ClN2O2/c19-15-10-13(11-20)7-8-17(15)23-12-18(22)21-9-3-5-14-4-1-2-6-16(14)21/h7-8,10,14,16H,1-6,9,12H2/t14-,16-/m0/s1. The molecule has 1 aromatic carbocycles. The molecule has 0 bridgehead atoms. The number of piperidine rings is 1. The third-order valence-electron chi connectivity index (χ3n) is 4.98. The number of rotatable bonds is 3. The highest BCUT2D eigenvalue weighted by Gasteiger charge is 2.35. The van der Waals surface area contributed by atoms with Crippen molar-refractivity contribution in [1.29, 1.82) is 5.26 Å². The zero-order chi connectivity index (χ0) is 16.2. The molecule has 0 unspecified atom stereocenters. The molecule has 1 saturated heterocycles. The molecule has 122 valence electrons. The van der Waals surface area contributed by atoms with Crippen molar-refractivity contribution in [2.45, 2.75) is 44.6 Å². The minimum atomic E-state index is 0.00877. The Bertz CT molecular complexity index is 624. The molecule has 1 amide bonds. The molecule has 0 radical (unpaired) electrons. The Morgan fingerprint density at radius 1 is 1.30 bits per heavy atom. The van der Waals surface area contributed by atoms with Crippen LogP contribution in [0.25, 0.3) is 0 Å². The van der Waals surface area contributed by atoms with E-state index >= 15 is 0 Å². The zero-order valence-electron chi connectivity index (χ0n) is 13.1. The number of fused-ring (bicyclic) bond motifs is 1. The number of nitriles is 1. The van der Waals surface area contributed by atoms with Gasteiger partial charge in [0.1, 0.15) is 5.75 Å². The molecule has 5 heteroatoms. The summed E-state index contributed by atoms with van der Waals surface area (Å²) < 4.78 is 5.60. The van der Waals surface area contributed by atoms with Crippen LogP contribution in [-0.4, -0.2) is 30.0 Å². The Kier molecular flexibility index (Phi) is 5.07. The first kappa shape index (κ1) is 16.1. The fraction of sp³-hybridized carbons (Fsp3) is 0.556. The quantitative estimate of drug-likeness (QED) is 0.846. The van der Waals surface area contributed by atoms with Crippen molar-refractivity contribution in [3.8, 4) is 11.8 Å². The van der Waals surface area contributed by atoms with Gasteiger partial charge in [-0.15, -0.1) is 0 Å². The predicted molar refractivity (Wildman–Crippen MR) is 88.4 cm³/mol. The highest BCUT2D eigenvalue weighted by atomic mass is 35.5. The van der Waals surface area contributed by atoms with E-state index in [1.807, 2.05) is 11.0 Å². The maximum Gasteiger partial charge on any atom is 0.260 e. The maximum atomic E-state index is 12.6. The summed E-state index contributed by atoms with van der Waals surface area (Å²) in [5, 5.41) is 9.21. The minimum Gasteiger partial charge on any atom is -0.482 e. The molecular formula is C18H21ClN2O2. The fourth-order valence-electron chi connectivity index (χ4n) is 3.84. The lowest BCUT2D eigenvalue weighted by Crippen LogP contribution is -2.51. The monoisotopic (exact) mass is 332 g/mol. The number of likely N-dealkylation sites (tertiary alicyclic amines) is 1. The second-order valence-corrected chi connectivity index (χ2v) is 6.79. The summed E-state index contributed by atoms with van der Waals surface area (Å²) in [4.78, 5) is 14.6. The van der Waals surface area contributed by atoms with Crippen LogP contribution in [0.4, 0.5) is 0 Å². The number of carbonyl (C=O) groups excluding carboxylic acids is 1. The third-order valence-corrected chi connectivity index (χ3v) is 5.27. The Morgan fingerprint density at radius 3 is 2.87 bits per heavy atom. The van der Waals surface area contributed by atoms with E-state index in [1.54, 1.807) is 18.2 Å². The molecule has 0 aromatic heterocycles. The topological polar surface area (TPSA) is 53.3 Å². The summed E-state index contributed by atoms with van der Waals surface area (Å²) in [5.74, 6) is 1.16. The number of hydrogen-bond acceptors (Lipinski definition) is 3. The lowest BCUT2D eigenvalue weighted by atomic mass is 9.78. The second-order valence-electron chi connectivity index (χ2n) is 6.39. The lowest BCUT2D eigenvalue weighted by Gasteiger charge is -2.44. The van der Waals surface area contributed by atoms with E-state index in [4.69, 9.17) is 21.6 Å².